The van der Waals surface area contributed by atoms with Crippen LogP contribution in [0.1, 0.15) is 6.92 Å². The Bertz CT molecular complexity index is 1210. The smallest absolute Gasteiger partial charge is 0.238 e. The van der Waals surface area contributed by atoms with E-state index in [9.17, 15) is 13.2 Å². The Morgan fingerprint density at radius 2 is 2.00 bits per heavy atom. The highest BCUT2D eigenvalue weighted by atomic mass is 35.5. The fourth-order valence-corrected chi connectivity index (χ4v) is 4.23. The molecule has 0 aliphatic rings. The summed E-state index contributed by atoms with van der Waals surface area (Å²) in [5.41, 5.74) is 1.17. The van der Waals surface area contributed by atoms with E-state index in [4.69, 9.17) is 16.7 Å². The van der Waals surface area contributed by atoms with Crippen molar-refractivity contribution < 1.29 is 13.2 Å². The molecular weight excluding hydrogens is 458 g/mol. The van der Waals surface area contributed by atoms with Crippen molar-refractivity contribution in [2.45, 2.75) is 28.8 Å². The van der Waals surface area contributed by atoms with Crippen LogP contribution in [0.4, 0.5) is 5.69 Å². The predicted molar refractivity (Wildman–Crippen MR) is 122 cm³/mol. The Balaban J connectivity index is 1.78. The summed E-state index contributed by atoms with van der Waals surface area (Å²) >= 11 is 7.19. The number of aromatic nitrogens is 3. The number of rotatable bonds is 8. The maximum Gasteiger partial charge on any atom is 0.238 e. The summed E-state index contributed by atoms with van der Waals surface area (Å²) in [4.78, 5) is 12.6. The molecule has 0 saturated heterocycles. The zero-order chi connectivity index (χ0) is 22.6. The average molecular weight is 478 g/mol. The number of hydrogen-bond acceptors (Lipinski definition) is 6. The lowest BCUT2D eigenvalue weighted by Crippen LogP contribution is -2.23. The van der Waals surface area contributed by atoms with Gasteiger partial charge in [-0.05, 0) is 49.4 Å². The van der Waals surface area contributed by atoms with Gasteiger partial charge in [0.15, 0.2) is 11.0 Å². The van der Waals surface area contributed by atoms with Gasteiger partial charge in [0.2, 0.25) is 15.9 Å². The summed E-state index contributed by atoms with van der Waals surface area (Å²) < 4.78 is 24.9. The summed E-state index contributed by atoms with van der Waals surface area (Å²) in [6.45, 7) is 5.96. The van der Waals surface area contributed by atoms with Crippen LogP contribution in [0.3, 0.4) is 0 Å². The molecule has 3 N–H and O–H groups in total. The van der Waals surface area contributed by atoms with Gasteiger partial charge >= 0.3 is 0 Å². The van der Waals surface area contributed by atoms with Gasteiger partial charge in [0.05, 0.1) is 10.1 Å². The molecule has 2 aromatic carbocycles. The van der Waals surface area contributed by atoms with E-state index < -0.39 is 15.3 Å². The number of carbonyl (C=O) groups excluding carboxylic acids is 1. The maximum atomic E-state index is 12.7. The number of nitrogens with two attached hydrogens (primary N) is 1. The number of anilines is 1. The molecule has 0 aliphatic heterocycles. The van der Waals surface area contributed by atoms with E-state index in [1.165, 1.54) is 30.0 Å². The standard InChI is InChI=1S/C20H20ClN5O3S2/c1-3-11-26-18(14-7-9-15(21)10-8-14)24-25-20(26)30-13(2)19(27)23-16-5-4-6-17(12-16)31(22,28)29/h3-10,12-13H,1,11H2,2H3,(H,23,27)(H2,22,28,29). The number of allylic oxidation sites excluding steroid dienone is 1. The Labute approximate surface area is 189 Å². The van der Waals surface area contributed by atoms with E-state index in [2.05, 4.69) is 22.1 Å². The number of primary sulfonamides is 1. The van der Waals surface area contributed by atoms with Gasteiger partial charge in [-0.3, -0.25) is 9.36 Å². The molecule has 3 aromatic rings. The molecule has 0 spiro atoms. The lowest BCUT2D eigenvalue weighted by Gasteiger charge is -2.13. The van der Waals surface area contributed by atoms with Gasteiger partial charge in [0.1, 0.15) is 0 Å². The minimum atomic E-state index is -3.86. The van der Waals surface area contributed by atoms with E-state index in [0.717, 1.165) is 5.56 Å². The largest absolute Gasteiger partial charge is 0.325 e. The van der Waals surface area contributed by atoms with Crippen molar-refractivity contribution in [3.05, 3.63) is 66.2 Å². The van der Waals surface area contributed by atoms with Crippen LogP contribution in [0, 0.1) is 0 Å². The van der Waals surface area contributed by atoms with E-state index in [-0.39, 0.29) is 10.8 Å². The number of nitrogens with one attached hydrogen (secondary N) is 1. The Morgan fingerprint density at radius 3 is 2.65 bits per heavy atom. The van der Waals surface area contributed by atoms with Crippen LogP contribution in [0.25, 0.3) is 11.4 Å². The lowest BCUT2D eigenvalue weighted by molar-refractivity contribution is -0.115. The molecule has 1 amide bonds. The third-order valence-electron chi connectivity index (χ3n) is 4.21. The fraction of sp³-hybridized carbons (Fsp3) is 0.150. The van der Waals surface area contributed by atoms with Gasteiger partial charge < -0.3 is 5.32 Å². The number of carbonyl (C=O) groups is 1. The number of nitrogens with zero attached hydrogens (tertiary/aromatic N) is 3. The van der Waals surface area contributed by atoms with Crippen LogP contribution in [0.5, 0.6) is 0 Å². The van der Waals surface area contributed by atoms with Gasteiger partial charge in [-0.15, -0.1) is 16.8 Å². The van der Waals surface area contributed by atoms with Crippen molar-refractivity contribution in [2.75, 3.05) is 5.32 Å². The molecule has 8 nitrogen and oxygen atoms in total. The number of amides is 1. The molecule has 11 heteroatoms. The molecule has 1 heterocycles. The normalized spacial score (nSPS) is 12.4. The van der Waals surface area contributed by atoms with E-state index in [1.54, 1.807) is 31.2 Å². The lowest BCUT2D eigenvalue weighted by atomic mass is 10.2. The minimum Gasteiger partial charge on any atom is -0.325 e. The monoisotopic (exact) mass is 477 g/mol. The molecule has 162 valence electrons. The highest BCUT2D eigenvalue weighted by Crippen LogP contribution is 2.28. The van der Waals surface area contributed by atoms with E-state index >= 15 is 0 Å². The van der Waals surface area contributed by atoms with Crippen molar-refractivity contribution in [1.29, 1.82) is 0 Å². The van der Waals surface area contributed by atoms with E-state index in [0.29, 0.717) is 28.2 Å². The number of benzene rings is 2. The van der Waals surface area contributed by atoms with Crippen molar-refractivity contribution in [3.63, 3.8) is 0 Å². The van der Waals surface area contributed by atoms with Crippen molar-refractivity contribution in [1.82, 2.24) is 14.8 Å². The Hall–Kier alpha value is -2.66. The Morgan fingerprint density at radius 1 is 1.29 bits per heavy atom. The van der Waals surface area contributed by atoms with Crippen LogP contribution in [0.2, 0.25) is 5.02 Å². The fourth-order valence-electron chi connectivity index (χ4n) is 2.69. The molecule has 0 bridgehead atoms. The van der Waals surface area contributed by atoms with Crippen LogP contribution in [-0.4, -0.2) is 34.3 Å². The second kappa shape index (κ2) is 9.65. The van der Waals surface area contributed by atoms with Gasteiger partial charge in [-0.1, -0.05) is 35.5 Å². The third kappa shape index (κ3) is 5.73. The van der Waals surface area contributed by atoms with Crippen LogP contribution >= 0.6 is 23.4 Å². The average Bonchev–Trinajstić information content (AvgIpc) is 3.10. The van der Waals surface area contributed by atoms with E-state index in [1.807, 2.05) is 16.7 Å². The minimum absolute atomic E-state index is 0.0797. The quantitative estimate of drug-likeness (QED) is 0.378. The molecule has 31 heavy (non-hydrogen) atoms. The van der Waals surface area contributed by atoms with Gasteiger partial charge in [-0.25, -0.2) is 13.6 Å². The highest BCUT2D eigenvalue weighted by Gasteiger charge is 2.21. The molecule has 0 radical (unpaired) electrons. The predicted octanol–water partition coefficient (Wildman–Crippen LogP) is 3.55. The van der Waals surface area contributed by atoms with Crippen LogP contribution in [0.15, 0.2) is 71.2 Å². The maximum absolute atomic E-state index is 12.7. The first-order valence-corrected chi connectivity index (χ1v) is 11.9. The van der Waals surface area contributed by atoms with Crippen molar-refractivity contribution in [2.24, 2.45) is 5.14 Å². The summed E-state index contributed by atoms with van der Waals surface area (Å²) in [6.07, 6.45) is 1.72. The molecule has 3 rings (SSSR count). The summed E-state index contributed by atoms with van der Waals surface area (Å²) in [6, 6.07) is 13.0. The van der Waals surface area contributed by atoms with Crippen molar-refractivity contribution >= 4 is 45.0 Å². The van der Waals surface area contributed by atoms with Crippen LogP contribution < -0.4 is 10.5 Å². The van der Waals surface area contributed by atoms with Gasteiger partial charge in [-0.2, -0.15) is 0 Å². The molecule has 1 atom stereocenters. The molecule has 0 aliphatic carbocycles. The number of thioether (sulfide) groups is 1. The zero-order valence-electron chi connectivity index (χ0n) is 16.5. The first-order chi connectivity index (χ1) is 14.7. The Kier molecular flexibility index (Phi) is 7.16. The summed E-state index contributed by atoms with van der Waals surface area (Å²) in [5.74, 6) is 0.310. The molecule has 0 fully saturated rings. The molecule has 1 unspecified atom stereocenters. The summed E-state index contributed by atoms with van der Waals surface area (Å²) in [7, 11) is -3.86. The topological polar surface area (TPSA) is 120 Å². The number of halogens is 1. The molecule has 0 saturated carbocycles. The van der Waals surface area contributed by atoms with Gasteiger partial charge in [0, 0.05) is 22.8 Å². The van der Waals surface area contributed by atoms with Crippen molar-refractivity contribution in [3.8, 4) is 11.4 Å². The van der Waals surface area contributed by atoms with Crippen LogP contribution in [-0.2, 0) is 21.4 Å². The van der Waals surface area contributed by atoms with Gasteiger partial charge in [0.25, 0.3) is 0 Å². The molecule has 1 aromatic heterocycles. The third-order valence-corrected chi connectivity index (χ3v) is 6.46. The second-order valence-corrected chi connectivity index (χ2v) is 9.84. The SMILES string of the molecule is C=CCn1c(SC(C)C(=O)Nc2cccc(S(N)(=O)=O)c2)nnc1-c1ccc(Cl)cc1. The first-order valence-electron chi connectivity index (χ1n) is 9.09. The number of hydrogen-bond donors (Lipinski definition) is 2. The summed E-state index contributed by atoms with van der Waals surface area (Å²) in [5, 5.41) is 17.0. The highest BCUT2D eigenvalue weighted by molar-refractivity contribution is 8.00. The zero-order valence-corrected chi connectivity index (χ0v) is 18.9. The first kappa shape index (κ1) is 23.0. The second-order valence-electron chi connectivity index (χ2n) is 6.53. The molecular formula is C20H20ClN5O3S2. The number of sulfonamides is 1.